The van der Waals surface area contributed by atoms with Gasteiger partial charge in [0.25, 0.3) is 0 Å². The van der Waals surface area contributed by atoms with Crippen LogP contribution in [0.1, 0.15) is 42.6 Å². The van der Waals surface area contributed by atoms with Gasteiger partial charge in [0.05, 0.1) is 16.8 Å². The van der Waals surface area contributed by atoms with E-state index in [2.05, 4.69) is 6.92 Å². The highest BCUT2D eigenvalue weighted by Crippen LogP contribution is 2.35. The maximum atomic E-state index is 12.7. The monoisotopic (exact) mass is 301 g/mol. The molecule has 2 rings (SSSR count). The Labute approximate surface area is 121 Å². The van der Waals surface area contributed by atoms with Gasteiger partial charge in [-0.05, 0) is 43.9 Å². The highest BCUT2D eigenvalue weighted by atomic mass is 19.4. The van der Waals surface area contributed by atoms with E-state index in [4.69, 9.17) is 0 Å². The normalized spacial score (nSPS) is 23.2. The first-order valence-electron chi connectivity index (χ1n) is 6.91. The molecule has 1 aliphatic rings. The van der Waals surface area contributed by atoms with E-state index in [1.54, 1.807) is 0 Å². The van der Waals surface area contributed by atoms with E-state index in [0.717, 1.165) is 25.0 Å². The summed E-state index contributed by atoms with van der Waals surface area (Å²) in [6.45, 7) is 4.69. The predicted octanol–water partition coefficient (Wildman–Crippen LogP) is 4.03. The minimum atomic E-state index is -4.54. The van der Waals surface area contributed by atoms with Crippen LogP contribution in [0.2, 0.25) is 0 Å². The number of carboxylic acids is 1. The van der Waals surface area contributed by atoms with E-state index in [9.17, 15) is 23.1 Å². The summed E-state index contributed by atoms with van der Waals surface area (Å²) in [6, 6.07) is 3.08. The Kier molecular flexibility index (Phi) is 4.16. The van der Waals surface area contributed by atoms with Gasteiger partial charge in [0.1, 0.15) is 0 Å². The van der Waals surface area contributed by atoms with E-state index in [1.165, 1.54) is 6.07 Å². The van der Waals surface area contributed by atoms with Crippen molar-refractivity contribution in [2.24, 2.45) is 5.92 Å². The van der Waals surface area contributed by atoms with Gasteiger partial charge in [0.15, 0.2) is 0 Å². The smallest absolute Gasteiger partial charge is 0.416 e. The molecule has 116 valence electrons. The number of rotatable bonds is 2. The van der Waals surface area contributed by atoms with Crippen LogP contribution >= 0.6 is 0 Å². The minimum absolute atomic E-state index is 0.121. The molecule has 0 saturated carbocycles. The zero-order valence-electron chi connectivity index (χ0n) is 11.9. The number of alkyl halides is 3. The second-order valence-electron chi connectivity index (χ2n) is 5.72. The van der Waals surface area contributed by atoms with Gasteiger partial charge in [-0.1, -0.05) is 6.92 Å². The lowest BCUT2D eigenvalue weighted by Gasteiger charge is -2.39. The average molecular weight is 301 g/mol. The van der Waals surface area contributed by atoms with Gasteiger partial charge in [0.2, 0.25) is 0 Å². The Morgan fingerprint density at radius 3 is 2.52 bits per heavy atom. The zero-order chi connectivity index (χ0) is 15.8. The topological polar surface area (TPSA) is 40.5 Å². The Hall–Kier alpha value is -1.72. The number of halogens is 3. The van der Waals surface area contributed by atoms with E-state index in [-0.39, 0.29) is 11.6 Å². The largest absolute Gasteiger partial charge is 0.478 e. The van der Waals surface area contributed by atoms with E-state index >= 15 is 0 Å². The maximum absolute atomic E-state index is 12.7. The van der Waals surface area contributed by atoms with Crippen LogP contribution in [0.15, 0.2) is 18.2 Å². The fourth-order valence-electron chi connectivity index (χ4n) is 2.76. The first kappa shape index (κ1) is 15.7. The molecule has 1 heterocycles. The van der Waals surface area contributed by atoms with Crippen LogP contribution in [-0.2, 0) is 6.18 Å². The summed E-state index contributed by atoms with van der Waals surface area (Å²) < 4.78 is 38.2. The predicted molar refractivity (Wildman–Crippen MR) is 73.6 cm³/mol. The summed E-state index contributed by atoms with van der Waals surface area (Å²) in [5, 5.41) is 9.24. The third-order valence-corrected chi connectivity index (χ3v) is 3.98. The number of hydrogen-bond donors (Lipinski definition) is 1. The molecule has 0 bridgehead atoms. The van der Waals surface area contributed by atoms with Crippen molar-refractivity contribution in [1.82, 2.24) is 0 Å². The molecule has 21 heavy (non-hydrogen) atoms. The molecule has 0 aliphatic carbocycles. The summed E-state index contributed by atoms with van der Waals surface area (Å²) in [6.07, 6.45) is -2.59. The van der Waals surface area contributed by atoms with E-state index in [1.807, 2.05) is 11.8 Å². The molecule has 1 fully saturated rings. The van der Waals surface area contributed by atoms with Crippen molar-refractivity contribution in [3.63, 3.8) is 0 Å². The average Bonchev–Trinajstić information content (AvgIpc) is 2.40. The van der Waals surface area contributed by atoms with Crippen molar-refractivity contribution in [3.05, 3.63) is 29.3 Å². The van der Waals surface area contributed by atoms with Crippen LogP contribution in [0.25, 0.3) is 0 Å². The number of carbonyl (C=O) groups is 1. The lowest BCUT2D eigenvalue weighted by Crippen LogP contribution is -2.41. The SMILES string of the molecule is CC1CCC(C)N(c2ccc(C(F)(F)F)cc2C(=O)O)C1. The summed E-state index contributed by atoms with van der Waals surface area (Å²) >= 11 is 0. The fourth-order valence-corrected chi connectivity index (χ4v) is 2.76. The molecular weight excluding hydrogens is 283 g/mol. The van der Waals surface area contributed by atoms with Crippen LogP contribution in [0.5, 0.6) is 0 Å². The molecule has 2 atom stereocenters. The Morgan fingerprint density at radius 2 is 1.95 bits per heavy atom. The standard InChI is InChI=1S/C15H18F3NO2/c1-9-3-4-10(2)19(8-9)13-6-5-11(15(16,17)18)7-12(13)14(20)21/h5-7,9-10H,3-4,8H2,1-2H3,(H,20,21). The van der Waals surface area contributed by atoms with Crippen LogP contribution in [-0.4, -0.2) is 23.7 Å². The number of benzene rings is 1. The minimum Gasteiger partial charge on any atom is -0.478 e. The second-order valence-corrected chi connectivity index (χ2v) is 5.72. The lowest BCUT2D eigenvalue weighted by molar-refractivity contribution is -0.137. The van der Waals surface area contributed by atoms with Crippen molar-refractivity contribution >= 4 is 11.7 Å². The quantitative estimate of drug-likeness (QED) is 0.896. The van der Waals surface area contributed by atoms with Crippen molar-refractivity contribution in [2.75, 3.05) is 11.4 Å². The van der Waals surface area contributed by atoms with Gasteiger partial charge in [-0.25, -0.2) is 4.79 Å². The summed E-state index contributed by atoms with van der Waals surface area (Å²) in [7, 11) is 0. The number of piperidine rings is 1. The first-order chi connectivity index (χ1) is 9.70. The molecule has 0 radical (unpaired) electrons. The number of aromatic carboxylic acids is 1. The first-order valence-corrected chi connectivity index (χ1v) is 6.91. The zero-order valence-corrected chi connectivity index (χ0v) is 11.9. The molecule has 1 aromatic rings. The highest BCUT2D eigenvalue weighted by molar-refractivity contribution is 5.95. The maximum Gasteiger partial charge on any atom is 0.416 e. The molecule has 0 amide bonds. The molecule has 6 heteroatoms. The highest BCUT2D eigenvalue weighted by Gasteiger charge is 2.33. The van der Waals surface area contributed by atoms with Gasteiger partial charge < -0.3 is 10.0 Å². The number of anilines is 1. The lowest BCUT2D eigenvalue weighted by atomic mass is 9.93. The van der Waals surface area contributed by atoms with Crippen molar-refractivity contribution in [3.8, 4) is 0 Å². The van der Waals surface area contributed by atoms with Gasteiger partial charge in [0, 0.05) is 12.6 Å². The van der Waals surface area contributed by atoms with Crippen LogP contribution < -0.4 is 4.90 Å². The third-order valence-electron chi connectivity index (χ3n) is 3.98. The number of hydrogen-bond acceptors (Lipinski definition) is 2. The Bertz CT molecular complexity index is 542. The Morgan fingerprint density at radius 1 is 1.29 bits per heavy atom. The van der Waals surface area contributed by atoms with Gasteiger partial charge in [-0.2, -0.15) is 13.2 Å². The molecule has 0 spiro atoms. The van der Waals surface area contributed by atoms with Gasteiger partial charge >= 0.3 is 12.1 Å². The van der Waals surface area contributed by atoms with Crippen molar-refractivity contribution in [1.29, 1.82) is 0 Å². The van der Waals surface area contributed by atoms with Gasteiger partial charge in [-0.15, -0.1) is 0 Å². The van der Waals surface area contributed by atoms with Crippen molar-refractivity contribution < 1.29 is 23.1 Å². The molecule has 1 saturated heterocycles. The molecule has 0 aromatic heterocycles. The molecule has 1 aliphatic heterocycles. The Balaban J connectivity index is 2.45. The van der Waals surface area contributed by atoms with E-state index < -0.39 is 17.7 Å². The fraction of sp³-hybridized carbons (Fsp3) is 0.533. The summed E-state index contributed by atoms with van der Waals surface area (Å²) in [5.74, 6) is -0.938. The summed E-state index contributed by atoms with van der Waals surface area (Å²) in [4.78, 5) is 13.2. The van der Waals surface area contributed by atoms with Crippen molar-refractivity contribution in [2.45, 2.75) is 38.9 Å². The van der Waals surface area contributed by atoms with Crippen LogP contribution in [0.4, 0.5) is 18.9 Å². The molecule has 1 N–H and O–H groups in total. The summed E-state index contributed by atoms with van der Waals surface area (Å²) in [5.41, 5.74) is -0.846. The molecular formula is C15H18F3NO2. The molecule has 3 nitrogen and oxygen atoms in total. The molecule has 1 aromatic carbocycles. The number of nitrogens with zero attached hydrogens (tertiary/aromatic N) is 1. The number of carboxylic acid groups (broad SMARTS) is 1. The van der Waals surface area contributed by atoms with E-state index in [0.29, 0.717) is 18.2 Å². The van der Waals surface area contributed by atoms with Crippen LogP contribution in [0.3, 0.4) is 0 Å². The van der Waals surface area contributed by atoms with Crippen LogP contribution in [0, 0.1) is 5.92 Å². The second kappa shape index (κ2) is 5.58. The molecule has 2 unspecified atom stereocenters. The van der Waals surface area contributed by atoms with Gasteiger partial charge in [-0.3, -0.25) is 0 Å². The third kappa shape index (κ3) is 3.31.